The third-order valence-corrected chi connectivity index (χ3v) is 3.36. The van der Waals surface area contributed by atoms with E-state index in [1.54, 1.807) is 7.05 Å². The molecule has 20 heavy (non-hydrogen) atoms. The van der Waals surface area contributed by atoms with E-state index in [9.17, 15) is 0 Å². The molecule has 2 rings (SSSR count). The molecular formula is C15H23N3O2. The van der Waals surface area contributed by atoms with E-state index in [1.807, 2.05) is 12.1 Å². The number of hydrogen-bond donors (Lipinski definition) is 2. The minimum atomic E-state index is 0.322. The maximum Gasteiger partial charge on any atom is 0.231 e. The van der Waals surface area contributed by atoms with Crippen LogP contribution in [0.5, 0.6) is 11.5 Å². The number of fused-ring (bicyclic) bond motifs is 1. The summed E-state index contributed by atoms with van der Waals surface area (Å²) in [5, 5.41) is 6.66. The summed E-state index contributed by atoms with van der Waals surface area (Å²) < 4.78 is 10.7. The Morgan fingerprint density at radius 3 is 2.90 bits per heavy atom. The number of aliphatic imine (C=N–C) groups is 1. The molecule has 5 heteroatoms. The first-order chi connectivity index (χ1) is 9.72. The predicted octanol–water partition coefficient (Wildman–Crippen LogP) is 1.92. The van der Waals surface area contributed by atoms with Gasteiger partial charge in [0.15, 0.2) is 17.5 Å². The fourth-order valence-corrected chi connectivity index (χ4v) is 1.95. The van der Waals surface area contributed by atoms with Crippen molar-refractivity contribution in [1.82, 2.24) is 10.6 Å². The van der Waals surface area contributed by atoms with Gasteiger partial charge in [0.25, 0.3) is 0 Å². The molecule has 0 saturated heterocycles. The van der Waals surface area contributed by atoms with Gasteiger partial charge in [-0.3, -0.25) is 4.99 Å². The van der Waals surface area contributed by atoms with Crippen LogP contribution in [0.4, 0.5) is 0 Å². The van der Waals surface area contributed by atoms with Gasteiger partial charge in [0.05, 0.1) is 0 Å². The van der Waals surface area contributed by atoms with Gasteiger partial charge >= 0.3 is 0 Å². The van der Waals surface area contributed by atoms with Crippen LogP contribution >= 0.6 is 0 Å². The van der Waals surface area contributed by atoms with Crippen LogP contribution in [0.1, 0.15) is 25.8 Å². The summed E-state index contributed by atoms with van der Waals surface area (Å²) in [5.41, 5.74) is 1.22. The Balaban J connectivity index is 1.80. The Morgan fingerprint density at radius 2 is 2.15 bits per heavy atom. The summed E-state index contributed by atoms with van der Waals surface area (Å²) in [4.78, 5) is 4.21. The summed E-state index contributed by atoms with van der Waals surface area (Å²) in [5.74, 6) is 2.51. The van der Waals surface area contributed by atoms with Crippen LogP contribution in [-0.4, -0.2) is 32.4 Å². The lowest BCUT2D eigenvalue weighted by Crippen LogP contribution is -2.42. The van der Waals surface area contributed by atoms with Crippen LogP contribution in [0.15, 0.2) is 23.2 Å². The smallest absolute Gasteiger partial charge is 0.231 e. The zero-order valence-electron chi connectivity index (χ0n) is 12.4. The lowest BCUT2D eigenvalue weighted by molar-refractivity contribution is 0.174. The maximum absolute atomic E-state index is 5.38. The van der Waals surface area contributed by atoms with Gasteiger partial charge in [-0.15, -0.1) is 0 Å². The third kappa shape index (κ3) is 3.79. The van der Waals surface area contributed by atoms with Crippen molar-refractivity contribution in [3.63, 3.8) is 0 Å². The fraction of sp³-hybridized carbons (Fsp3) is 0.533. The summed E-state index contributed by atoms with van der Waals surface area (Å²) in [6, 6.07) is 6.49. The number of ether oxygens (including phenoxy) is 2. The third-order valence-electron chi connectivity index (χ3n) is 3.36. The van der Waals surface area contributed by atoms with E-state index in [4.69, 9.17) is 9.47 Å². The molecule has 1 aliphatic heterocycles. The van der Waals surface area contributed by atoms with Crippen molar-refractivity contribution in [2.75, 3.05) is 20.4 Å². The number of nitrogens with one attached hydrogen (secondary N) is 2. The molecule has 1 aliphatic rings. The standard InChI is InChI=1S/C15H23N3O2/c1-4-11(2)18-15(16-3)17-8-7-12-5-6-13-14(9-12)20-10-19-13/h5-6,9,11H,4,7-8,10H2,1-3H3,(H2,16,17,18). The molecule has 5 nitrogen and oxygen atoms in total. The summed E-state index contributed by atoms with van der Waals surface area (Å²) in [6.07, 6.45) is 1.99. The first kappa shape index (κ1) is 14.5. The van der Waals surface area contributed by atoms with E-state index in [-0.39, 0.29) is 0 Å². The van der Waals surface area contributed by atoms with Crippen molar-refractivity contribution in [2.24, 2.45) is 4.99 Å². The van der Waals surface area contributed by atoms with Crippen LogP contribution in [0.25, 0.3) is 0 Å². The van der Waals surface area contributed by atoms with Crippen LogP contribution in [0.2, 0.25) is 0 Å². The molecule has 0 aliphatic carbocycles. The van der Waals surface area contributed by atoms with Gasteiger partial charge in [0, 0.05) is 19.6 Å². The van der Waals surface area contributed by atoms with Crippen molar-refractivity contribution >= 4 is 5.96 Å². The van der Waals surface area contributed by atoms with Crippen LogP contribution in [-0.2, 0) is 6.42 Å². The number of rotatable bonds is 5. The molecule has 2 N–H and O–H groups in total. The highest BCUT2D eigenvalue weighted by Gasteiger charge is 2.12. The van der Waals surface area contributed by atoms with Gasteiger partial charge < -0.3 is 20.1 Å². The molecule has 0 saturated carbocycles. The molecule has 1 atom stereocenters. The normalized spacial score (nSPS) is 15.1. The van der Waals surface area contributed by atoms with Gasteiger partial charge in [-0.1, -0.05) is 13.0 Å². The van der Waals surface area contributed by atoms with Crippen molar-refractivity contribution in [1.29, 1.82) is 0 Å². The first-order valence-corrected chi connectivity index (χ1v) is 7.08. The van der Waals surface area contributed by atoms with E-state index in [2.05, 4.69) is 35.5 Å². The molecule has 0 bridgehead atoms. The van der Waals surface area contributed by atoms with Crippen molar-refractivity contribution in [3.8, 4) is 11.5 Å². The molecule has 110 valence electrons. The quantitative estimate of drug-likeness (QED) is 0.638. The molecule has 1 aromatic rings. The van der Waals surface area contributed by atoms with E-state index in [0.717, 1.165) is 36.8 Å². The average Bonchev–Trinajstić information content (AvgIpc) is 2.93. The molecule has 0 amide bonds. The lowest BCUT2D eigenvalue weighted by atomic mass is 10.1. The van der Waals surface area contributed by atoms with Crippen LogP contribution < -0.4 is 20.1 Å². The highest BCUT2D eigenvalue weighted by Crippen LogP contribution is 2.32. The molecule has 1 aromatic carbocycles. The second-order valence-corrected chi connectivity index (χ2v) is 4.89. The van der Waals surface area contributed by atoms with Gasteiger partial charge in [-0.2, -0.15) is 0 Å². The molecule has 0 aromatic heterocycles. The Kier molecular flexibility index (Phi) is 5.09. The monoisotopic (exact) mass is 277 g/mol. The Bertz CT molecular complexity index is 474. The summed E-state index contributed by atoms with van der Waals surface area (Å²) in [7, 11) is 1.79. The maximum atomic E-state index is 5.38. The highest BCUT2D eigenvalue weighted by atomic mass is 16.7. The Morgan fingerprint density at radius 1 is 1.35 bits per heavy atom. The molecule has 0 radical (unpaired) electrons. The zero-order valence-corrected chi connectivity index (χ0v) is 12.4. The number of hydrogen-bond acceptors (Lipinski definition) is 3. The second-order valence-electron chi connectivity index (χ2n) is 4.89. The second kappa shape index (κ2) is 7.03. The fourth-order valence-electron chi connectivity index (χ4n) is 1.95. The minimum absolute atomic E-state index is 0.322. The van der Waals surface area contributed by atoms with Gasteiger partial charge in [0.2, 0.25) is 6.79 Å². The van der Waals surface area contributed by atoms with Gasteiger partial charge in [-0.25, -0.2) is 0 Å². The van der Waals surface area contributed by atoms with Crippen molar-refractivity contribution in [2.45, 2.75) is 32.7 Å². The summed E-state index contributed by atoms with van der Waals surface area (Å²) >= 11 is 0. The molecule has 0 fully saturated rings. The van der Waals surface area contributed by atoms with E-state index >= 15 is 0 Å². The topological polar surface area (TPSA) is 54.9 Å². The SMILES string of the molecule is CCC(C)NC(=NC)NCCc1ccc2c(c1)OCO2. The first-order valence-electron chi connectivity index (χ1n) is 7.08. The molecule has 1 heterocycles. The predicted molar refractivity (Wildman–Crippen MR) is 80.5 cm³/mol. The Labute approximate surface area is 120 Å². The minimum Gasteiger partial charge on any atom is -0.454 e. The van der Waals surface area contributed by atoms with E-state index in [0.29, 0.717) is 12.8 Å². The molecular weight excluding hydrogens is 254 g/mol. The van der Waals surface area contributed by atoms with E-state index in [1.165, 1.54) is 5.56 Å². The summed E-state index contributed by atoms with van der Waals surface area (Å²) in [6.45, 7) is 5.44. The highest BCUT2D eigenvalue weighted by molar-refractivity contribution is 5.79. The molecule has 1 unspecified atom stereocenters. The van der Waals surface area contributed by atoms with Crippen molar-refractivity contribution in [3.05, 3.63) is 23.8 Å². The Hall–Kier alpha value is -1.91. The molecule has 0 spiro atoms. The van der Waals surface area contributed by atoms with E-state index < -0.39 is 0 Å². The number of guanidine groups is 1. The number of benzene rings is 1. The number of nitrogens with zero attached hydrogens (tertiary/aromatic N) is 1. The van der Waals surface area contributed by atoms with Crippen LogP contribution in [0.3, 0.4) is 0 Å². The largest absolute Gasteiger partial charge is 0.454 e. The zero-order chi connectivity index (χ0) is 14.4. The van der Waals surface area contributed by atoms with Crippen molar-refractivity contribution < 1.29 is 9.47 Å². The van der Waals surface area contributed by atoms with Gasteiger partial charge in [-0.05, 0) is 37.5 Å². The van der Waals surface area contributed by atoms with Crippen LogP contribution in [0, 0.1) is 0 Å². The average molecular weight is 277 g/mol. The lowest BCUT2D eigenvalue weighted by Gasteiger charge is -2.16. The van der Waals surface area contributed by atoms with Gasteiger partial charge in [0.1, 0.15) is 0 Å².